The molecule has 0 aromatic carbocycles. The molecule has 0 aromatic heterocycles. The predicted octanol–water partition coefficient (Wildman–Crippen LogP) is 3.95. The molecule has 1 aliphatic heterocycles. The first-order valence-corrected chi connectivity index (χ1v) is 19.5. The van der Waals surface area contributed by atoms with Crippen molar-refractivity contribution in [2.75, 3.05) is 13.2 Å². The summed E-state index contributed by atoms with van der Waals surface area (Å²) in [5.74, 6) is -0.786. The van der Waals surface area contributed by atoms with Crippen LogP contribution in [0.1, 0.15) is 110 Å². The highest BCUT2D eigenvalue weighted by atomic mass is 32.3. The lowest BCUT2D eigenvalue weighted by Crippen LogP contribution is -2.61. The maximum atomic E-state index is 12.9. The second-order valence-electron chi connectivity index (χ2n) is 12.6. The van der Waals surface area contributed by atoms with E-state index in [-0.39, 0.29) is 6.42 Å². The van der Waals surface area contributed by atoms with Crippen molar-refractivity contribution in [1.82, 2.24) is 5.32 Å². The Morgan fingerprint density at radius 2 is 1.40 bits per heavy atom. The monoisotopic (exact) mass is 733 g/mol. The largest absolute Gasteiger partial charge is 0.397 e. The molecule has 50 heavy (non-hydrogen) atoms. The Hall–Kier alpha value is -1.98. The lowest BCUT2D eigenvalue weighted by atomic mass is 9.99. The Kier molecular flexibility index (Phi) is 25.5. The Bertz CT molecular complexity index is 1110. The summed E-state index contributed by atoms with van der Waals surface area (Å²) in [6.07, 6.45) is 18.4. The lowest BCUT2D eigenvalue weighted by molar-refractivity contribution is -0.298. The van der Waals surface area contributed by atoms with Crippen molar-refractivity contribution in [2.24, 2.45) is 0 Å². The summed E-state index contributed by atoms with van der Waals surface area (Å²) in [7, 11) is -5.12. The Morgan fingerprint density at radius 1 is 0.820 bits per heavy atom. The van der Waals surface area contributed by atoms with Gasteiger partial charge in [-0.15, -0.1) is 0 Å². The minimum Gasteiger partial charge on any atom is -0.394 e. The molecule has 14 heteroatoms. The first-order valence-electron chi connectivity index (χ1n) is 18.1. The average Bonchev–Trinajstić information content (AvgIpc) is 3.08. The number of aliphatic hydroxyl groups is 5. The number of aliphatic hydroxyl groups excluding tert-OH is 5. The molecule has 0 radical (unpaired) electrons. The van der Waals surface area contributed by atoms with Crippen molar-refractivity contribution in [1.29, 1.82) is 0 Å². The summed E-state index contributed by atoms with van der Waals surface area (Å²) in [6, 6.07) is -1.16. The third-order valence-electron chi connectivity index (χ3n) is 8.20. The number of carbonyl (C=O) groups excluding carboxylic acids is 1. The molecule has 7 N–H and O–H groups in total. The molecular weight excluding hydrogens is 670 g/mol. The summed E-state index contributed by atoms with van der Waals surface area (Å²) in [5, 5.41) is 54.5. The van der Waals surface area contributed by atoms with Crippen molar-refractivity contribution in [2.45, 2.75) is 159 Å². The predicted molar refractivity (Wildman–Crippen MR) is 191 cm³/mol. The van der Waals surface area contributed by atoms with E-state index >= 15 is 0 Å². The first kappa shape index (κ1) is 46.0. The van der Waals surface area contributed by atoms with Crippen molar-refractivity contribution in [3.63, 3.8) is 0 Å². The maximum Gasteiger partial charge on any atom is 0.397 e. The molecule has 0 spiro atoms. The van der Waals surface area contributed by atoms with Crippen LogP contribution in [0.5, 0.6) is 0 Å². The van der Waals surface area contributed by atoms with Crippen LogP contribution in [0.4, 0.5) is 0 Å². The van der Waals surface area contributed by atoms with Gasteiger partial charge in [-0.2, -0.15) is 8.42 Å². The van der Waals surface area contributed by atoms with Gasteiger partial charge in [0.1, 0.15) is 30.5 Å². The van der Waals surface area contributed by atoms with Crippen LogP contribution in [0, 0.1) is 0 Å². The molecule has 8 unspecified atom stereocenters. The fourth-order valence-electron chi connectivity index (χ4n) is 5.22. The van der Waals surface area contributed by atoms with Gasteiger partial charge in [-0.3, -0.25) is 9.35 Å². The molecule has 0 aromatic rings. The van der Waals surface area contributed by atoms with E-state index in [0.29, 0.717) is 12.8 Å². The molecule has 1 rings (SSSR count). The topological polar surface area (TPSA) is 212 Å². The van der Waals surface area contributed by atoms with Crippen LogP contribution in [0.25, 0.3) is 0 Å². The van der Waals surface area contributed by atoms with Gasteiger partial charge in [0.05, 0.1) is 25.4 Å². The molecule has 1 heterocycles. The van der Waals surface area contributed by atoms with Crippen molar-refractivity contribution in [3.8, 4) is 0 Å². The number of unbranched alkanes of at least 4 members (excludes halogenated alkanes) is 10. The zero-order valence-electron chi connectivity index (χ0n) is 29.8. The zero-order chi connectivity index (χ0) is 37.2. The SMILES string of the molecule is CCCCC/C=C/CC/C=C/C(O)C(COC1OC(CO)C(O)C(OS(=O)(=O)O)C1O)NC(=O)C(O)C/C=C\C/C=C\CCCCCCCC. The second-order valence-corrected chi connectivity index (χ2v) is 13.6. The number of hydrogen-bond acceptors (Lipinski definition) is 11. The van der Waals surface area contributed by atoms with Gasteiger partial charge in [-0.05, 0) is 44.9 Å². The van der Waals surface area contributed by atoms with Crippen molar-refractivity contribution in [3.05, 3.63) is 48.6 Å². The number of ether oxygens (including phenoxy) is 2. The first-order chi connectivity index (χ1) is 23.9. The van der Waals surface area contributed by atoms with Crippen LogP contribution < -0.4 is 5.32 Å². The standard InChI is InChI=1S/C36H63NO12S/c1-3-5-7-9-11-13-14-15-17-19-21-23-25-30(40)35(43)37-28(29(39)24-22-20-18-16-12-10-8-6-4-2)27-47-36-33(42)34(49-50(44,45)46)32(41)31(26-38)48-36/h12,15-17,21-24,28-34,36,38-42H,3-11,13-14,18-20,25-27H2,1-2H3,(H,37,43)(H,44,45,46)/b16-12+,17-15-,23-21-,24-22+. The smallest absolute Gasteiger partial charge is 0.394 e. The van der Waals surface area contributed by atoms with E-state index in [0.717, 1.165) is 38.5 Å². The van der Waals surface area contributed by atoms with Crippen LogP contribution in [0.15, 0.2) is 48.6 Å². The number of rotatable bonds is 28. The minimum atomic E-state index is -5.12. The summed E-state index contributed by atoms with van der Waals surface area (Å²) >= 11 is 0. The van der Waals surface area contributed by atoms with E-state index in [9.17, 15) is 38.7 Å². The van der Waals surface area contributed by atoms with Crippen molar-refractivity contribution < 1.29 is 57.0 Å². The van der Waals surface area contributed by atoms with Crippen LogP contribution in [0.3, 0.4) is 0 Å². The minimum absolute atomic E-state index is 0.0242. The average molecular weight is 734 g/mol. The third-order valence-corrected chi connectivity index (χ3v) is 8.67. The molecular formula is C36H63NO12S. The number of carbonyl (C=O) groups is 1. The molecule has 0 bridgehead atoms. The number of amides is 1. The summed E-state index contributed by atoms with van der Waals surface area (Å²) < 4.78 is 47.1. The van der Waals surface area contributed by atoms with E-state index in [4.69, 9.17) is 14.0 Å². The highest BCUT2D eigenvalue weighted by Gasteiger charge is 2.48. The number of hydrogen-bond donors (Lipinski definition) is 7. The molecule has 1 saturated heterocycles. The molecule has 1 aliphatic rings. The second kappa shape index (κ2) is 27.6. The van der Waals surface area contributed by atoms with Crippen LogP contribution >= 0.6 is 0 Å². The zero-order valence-corrected chi connectivity index (χ0v) is 30.6. The number of allylic oxidation sites excluding steroid dienone is 6. The normalized spacial score (nSPS) is 23.7. The van der Waals surface area contributed by atoms with E-state index in [1.807, 2.05) is 12.2 Å². The van der Waals surface area contributed by atoms with Gasteiger partial charge in [0, 0.05) is 6.42 Å². The molecule has 1 fully saturated rings. The molecule has 1 amide bonds. The number of nitrogens with one attached hydrogen (secondary N) is 1. The van der Waals surface area contributed by atoms with Crippen molar-refractivity contribution >= 4 is 16.3 Å². The summed E-state index contributed by atoms with van der Waals surface area (Å²) in [5.41, 5.74) is 0. The molecule has 0 aliphatic carbocycles. The Morgan fingerprint density at radius 3 is 2.08 bits per heavy atom. The molecule has 13 nitrogen and oxygen atoms in total. The maximum absolute atomic E-state index is 12.9. The highest BCUT2D eigenvalue weighted by molar-refractivity contribution is 7.80. The van der Waals surface area contributed by atoms with Gasteiger partial charge >= 0.3 is 10.4 Å². The fourth-order valence-corrected chi connectivity index (χ4v) is 5.73. The quantitative estimate of drug-likeness (QED) is 0.0346. The molecule has 290 valence electrons. The van der Waals surface area contributed by atoms with Gasteiger partial charge in [-0.25, -0.2) is 4.18 Å². The van der Waals surface area contributed by atoms with Gasteiger partial charge in [0.2, 0.25) is 5.91 Å². The van der Waals surface area contributed by atoms with Gasteiger partial charge in [0.15, 0.2) is 6.29 Å². The fraction of sp³-hybridized carbons (Fsp3) is 0.750. The third kappa shape index (κ3) is 20.8. The Labute approximate surface area is 299 Å². The highest BCUT2D eigenvalue weighted by Crippen LogP contribution is 2.26. The van der Waals surface area contributed by atoms with E-state index < -0.39 is 78.5 Å². The summed E-state index contributed by atoms with van der Waals surface area (Å²) in [4.78, 5) is 12.9. The van der Waals surface area contributed by atoms with E-state index in [1.165, 1.54) is 44.6 Å². The van der Waals surface area contributed by atoms with Crippen LogP contribution in [-0.2, 0) is 28.9 Å². The van der Waals surface area contributed by atoms with Crippen LogP contribution in [-0.4, -0.2) is 107 Å². The summed E-state index contributed by atoms with van der Waals surface area (Å²) in [6.45, 7) is 3.03. The molecule has 0 saturated carbocycles. The van der Waals surface area contributed by atoms with E-state index in [2.05, 4.69) is 41.6 Å². The van der Waals surface area contributed by atoms with E-state index in [1.54, 1.807) is 12.2 Å². The van der Waals surface area contributed by atoms with Crippen LogP contribution in [0.2, 0.25) is 0 Å². The Balaban J connectivity index is 2.82. The van der Waals surface area contributed by atoms with Gasteiger partial charge in [0.25, 0.3) is 0 Å². The molecule has 8 atom stereocenters. The van der Waals surface area contributed by atoms with Gasteiger partial charge in [-0.1, -0.05) is 107 Å². The lowest BCUT2D eigenvalue weighted by Gasteiger charge is -2.41. The van der Waals surface area contributed by atoms with Gasteiger partial charge < -0.3 is 40.3 Å².